The third kappa shape index (κ3) is 1.78. The summed E-state index contributed by atoms with van der Waals surface area (Å²) in [6.07, 6.45) is -4.62. The van der Waals surface area contributed by atoms with Crippen molar-refractivity contribution in [3.8, 4) is 0 Å². The number of fused-ring (bicyclic) bond motifs is 1. The molecule has 6 heteroatoms. The summed E-state index contributed by atoms with van der Waals surface area (Å²) in [6, 6.07) is 3.81. The quantitative estimate of drug-likeness (QED) is 0.694. The number of nitrogens with one attached hydrogen (secondary N) is 1. The lowest BCUT2D eigenvalue weighted by Crippen LogP contribution is -2.16. The lowest BCUT2D eigenvalue weighted by molar-refractivity contribution is -0.141. The van der Waals surface area contributed by atoms with Gasteiger partial charge in [-0.05, 0) is 23.6 Å². The summed E-state index contributed by atoms with van der Waals surface area (Å²) >= 11 is 0. The summed E-state index contributed by atoms with van der Waals surface area (Å²) < 4.78 is 49.8. The van der Waals surface area contributed by atoms with Gasteiger partial charge in [-0.15, -0.1) is 0 Å². The zero-order valence-electron chi connectivity index (χ0n) is 7.73. The molecule has 0 aliphatic heterocycles. The van der Waals surface area contributed by atoms with E-state index >= 15 is 0 Å². The minimum absolute atomic E-state index is 0.0532. The Morgan fingerprint density at radius 1 is 1.12 bits per heavy atom. The molecule has 2 aromatic rings. The number of hydrogen-bond acceptors (Lipinski definition) is 1. The first kappa shape index (κ1) is 10.7. The van der Waals surface area contributed by atoms with Crippen LogP contribution in [0.1, 0.15) is 5.69 Å². The number of pyridine rings is 1. The molecule has 0 fully saturated rings. The number of alkyl halides is 3. The van der Waals surface area contributed by atoms with Gasteiger partial charge in [0, 0.05) is 5.39 Å². The van der Waals surface area contributed by atoms with Crippen LogP contribution in [0.2, 0.25) is 0 Å². The fourth-order valence-corrected chi connectivity index (χ4v) is 1.38. The van der Waals surface area contributed by atoms with Gasteiger partial charge in [0.1, 0.15) is 11.5 Å². The smallest absolute Gasteiger partial charge is 0.318 e. The van der Waals surface area contributed by atoms with Crippen molar-refractivity contribution in [2.45, 2.75) is 6.18 Å². The molecule has 2 nitrogen and oxygen atoms in total. The normalized spacial score (nSPS) is 12.0. The van der Waals surface area contributed by atoms with Gasteiger partial charge >= 0.3 is 6.18 Å². The molecule has 0 aliphatic rings. The second kappa shape index (κ2) is 3.33. The number of rotatable bonds is 0. The number of halogens is 4. The molecule has 84 valence electrons. The monoisotopic (exact) mass is 231 g/mol. The van der Waals surface area contributed by atoms with Crippen LogP contribution in [0.15, 0.2) is 29.1 Å². The van der Waals surface area contributed by atoms with Crippen LogP contribution in [0.3, 0.4) is 0 Å². The summed E-state index contributed by atoms with van der Waals surface area (Å²) in [4.78, 5) is 12.9. The van der Waals surface area contributed by atoms with Crippen LogP contribution in [0, 0.1) is 5.82 Å². The van der Waals surface area contributed by atoms with Crippen LogP contribution in [0.4, 0.5) is 17.6 Å². The second-order valence-corrected chi connectivity index (χ2v) is 3.24. The van der Waals surface area contributed by atoms with Crippen molar-refractivity contribution in [2.24, 2.45) is 0 Å². The molecule has 1 N–H and O–H groups in total. The highest BCUT2D eigenvalue weighted by atomic mass is 19.4. The van der Waals surface area contributed by atoms with Crippen molar-refractivity contribution in [1.29, 1.82) is 0 Å². The lowest BCUT2D eigenvalue weighted by Gasteiger charge is -2.07. The SMILES string of the molecule is O=c1[nH]c(C(F)(F)F)cc2ccc(F)cc12. The van der Waals surface area contributed by atoms with E-state index in [1.807, 2.05) is 0 Å². The van der Waals surface area contributed by atoms with E-state index in [0.717, 1.165) is 24.3 Å². The second-order valence-electron chi connectivity index (χ2n) is 3.24. The zero-order chi connectivity index (χ0) is 11.9. The molecule has 1 heterocycles. The Kier molecular flexibility index (Phi) is 2.22. The molecular formula is C10H5F4NO. The first-order valence-corrected chi connectivity index (χ1v) is 4.28. The molecule has 0 radical (unpaired) electrons. The number of aromatic nitrogens is 1. The van der Waals surface area contributed by atoms with Crippen molar-refractivity contribution < 1.29 is 17.6 Å². The van der Waals surface area contributed by atoms with Crippen LogP contribution in [-0.2, 0) is 6.18 Å². The Balaban J connectivity index is 2.79. The van der Waals surface area contributed by atoms with Crippen LogP contribution < -0.4 is 5.56 Å². The molecule has 0 atom stereocenters. The van der Waals surface area contributed by atoms with Crippen molar-refractivity contribution in [3.63, 3.8) is 0 Å². The minimum atomic E-state index is -4.62. The van der Waals surface area contributed by atoms with Crippen molar-refractivity contribution >= 4 is 10.8 Å². The van der Waals surface area contributed by atoms with E-state index in [1.54, 1.807) is 4.98 Å². The Bertz CT molecular complexity index is 600. The summed E-state index contributed by atoms with van der Waals surface area (Å²) in [6.45, 7) is 0. The zero-order valence-corrected chi connectivity index (χ0v) is 7.73. The van der Waals surface area contributed by atoms with Crippen LogP contribution in [0.5, 0.6) is 0 Å². The summed E-state index contributed by atoms with van der Waals surface area (Å²) in [5.74, 6) is -0.669. The number of H-pyrrole nitrogens is 1. The fraction of sp³-hybridized carbons (Fsp3) is 0.100. The third-order valence-corrected chi connectivity index (χ3v) is 2.11. The topological polar surface area (TPSA) is 32.9 Å². The fourth-order valence-electron chi connectivity index (χ4n) is 1.38. The largest absolute Gasteiger partial charge is 0.431 e. The van der Waals surface area contributed by atoms with Gasteiger partial charge in [0.05, 0.1) is 0 Å². The van der Waals surface area contributed by atoms with E-state index in [-0.39, 0.29) is 10.8 Å². The Morgan fingerprint density at radius 2 is 1.81 bits per heavy atom. The Morgan fingerprint density at radius 3 is 2.44 bits per heavy atom. The van der Waals surface area contributed by atoms with Gasteiger partial charge in [0.2, 0.25) is 0 Å². The third-order valence-electron chi connectivity index (χ3n) is 2.11. The average Bonchev–Trinajstić information content (AvgIpc) is 2.17. The Labute approximate surface area is 86.5 Å². The molecule has 2 rings (SSSR count). The molecule has 16 heavy (non-hydrogen) atoms. The van der Waals surface area contributed by atoms with Gasteiger partial charge < -0.3 is 4.98 Å². The number of benzene rings is 1. The van der Waals surface area contributed by atoms with E-state index in [9.17, 15) is 22.4 Å². The van der Waals surface area contributed by atoms with E-state index in [1.165, 1.54) is 0 Å². The summed E-state index contributed by atoms with van der Waals surface area (Å²) in [5, 5.41) is -0.0505. The van der Waals surface area contributed by atoms with Crippen LogP contribution in [0.25, 0.3) is 10.8 Å². The molecule has 0 aliphatic carbocycles. The molecular weight excluding hydrogens is 226 g/mol. The van der Waals surface area contributed by atoms with Crippen molar-refractivity contribution in [2.75, 3.05) is 0 Å². The molecule has 0 spiro atoms. The predicted octanol–water partition coefficient (Wildman–Crippen LogP) is 2.69. The van der Waals surface area contributed by atoms with Gasteiger partial charge in [-0.25, -0.2) is 4.39 Å². The van der Waals surface area contributed by atoms with E-state index in [4.69, 9.17) is 0 Å². The molecule has 1 aromatic heterocycles. The molecule has 0 bridgehead atoms. The van der Waals surface area contributed by atoms with E-state index in [2.05, 4.69) is 0 Å². The average molecular weight is 231 g/mol. The van der Waals surface area contributed by atoms with Gasteiger partial charge in [0.15, 0.2) is 0 Å². The highest BCUT2D eigenvalue weighted by Gasteiger charge is 2.32. The van der Waals surface area contributed by atoms with Gasteiger partial charge in [0.25, 0.3) is 5.56 Å². The minimum Gasteiger partial charge on any atom is -0.318 e. The summed E-state index contributed by atoms with van der Waals surface area (Å²) in [5.41, 5.74) is -2.10. The molecule has 1 aromatic carbocycles. The molecule has 0 unspecified atom stereocenters. The highest BCUT2D eigenvalue weighted by molar-refractivity contribution is 5.81. The standard InChI is InChI=1S/C10H5F4NO/c11-6-2-1-5-3-8(10(12,13)14)15-9(16)7(5)4-6/h1-4H,(H,15,16). The van der Waals surface area contributed by atoms with Crippen molar-refractivity contribution in [3.05, 3.63) is 46.1 Å². The van der Waals surface area contributed by atoms with Gasteiger partial charge in [-0.2, -0.15) is 13.2 Å². The maximum atomic E-state index is 12.8. The maximum absolute atomic E-state index is 12.8. The van der Waals surface area contributed by atoms with E-state index < -0.39 is 23.2 Å². The lowest BCUT2D eigenvalue weighted by atomic mass is 10.1. The summed E-state index contributed by atoms with van der Waals surface area (Å²) in [7, 11) is 0. The highest BCUT2D eigenvalue weighted by Crippen LogP contribution is 2.28. The number of hydrogen-bond donors (Lipinski definition) is 1. The molecule has 0 saturated carbocycles. The molecule has 0 saturated heterocycles. The Hall–Kier alpha value is -1.85. The van der Waals surface area contributed by atoms with Gasteiger partial charge in [-0.1, -0.05) is 6.07 Å². The van der Waals surface area contributed by atoms with Crippen molar-refractivity contribution in [1.82, 2.24) is 4.98 Å². The van der Waals surface area contributed by atoms with Crippen LogP contribution in [-0.4, -0.2) is 4.98 Å². The number of aromatic amines is 1. The van der Waals surface area contributed by atoms with Gasteiger partial charge in [-0.3, -0.25) is 4.79 Å². The maximum Gasteiger partial charge on any atom is 0.431 e. The first-order chi connectivity index (χ1) is 7.38. The van der Waals surface area contributed by atoms with Crippen LogP contribution >= 0.6 is 0 Å². The molecule has 0 amide bonds. The predicted molar refractivity (Wildman–Crippen MR) is 49.5 cm³/mol. The van der Waals surface area contributed by atoms with E-state index in [0.29, 0.717) is 0 Å². The first-order valence-electron chi connectivity index (χ1n) is 4.28.